The molecule has 8 heteroatoms. The molecule has 1 aliphatic rings. The normalized spacial score (nSPS) is 14.9. The minimum atomic E-state index is -2.28. The van der Waals surface area contributed by atoms with Gasteiger partial charge in [0.05, 0.1) is 0 Å². The summed E-state index contributed by atoms with van der Waals surface area (Å²) in [6, 6.07) is 0. The minimum absolute atomic E-state index is 0.148. The van der Waals surface area contributed by atoms with E-state index in [1.165, 1.54) is 0 Å². The quantitative estimate of drug-likeness (QED) is 0.328. The van der Waals surface area contributed by atoms with Gasteiger partial charge in [0.2, 0.25) is 11.8 Å². The van der Waals surface area contributed by atoms with Crippen LogP contribution in [-0.2, 0) is 14.4 Å². The molecule has 1 saturated heterocycles. The third-order valence-electron chi connectivity index (χ3n) is 0.938. The van der Waals surface area contributed by atoms with Gasteiger partial charge in [0.15, 0.2) is 0 Å². The third-order valence-corrected chi connectivity index (χ3v) is 0.938. The van der Waals surface area contributed by atoms with E-state index in [0.29, 0.717) is 12.8 Å². The number of halogens is 1. The Labute approximate surface area is 67.4 Å². The van der Waals surface area contributed by atoms with Crippen molar-refractivity contribution in [1.29, 1.82) is 0 Å². The maximum absolute atomic E-state index is 10.1. The van der Waals surface area contributed by atoms with Gasteiger partial charge in [-0.2, -0.15) is 4.86 Å². The largest absolute Gasteiger partial charge is 0.667 e. The van der Waals surface area contributed by atoms with Crippen molar-refractivity contribution in [2.75, 3.05) is 0 Å². The zero-order chi connectivity index (χ0) is 9.56. The molecule has 2 amide bonds. The van der Waals surface area contributed by atoms with E-state index in [1.54, 1.807) is 0 Å². The Morgan fingerprint density at radius 2 is 1.67 bits per heavy atom. The van der Waals surface area contributed by atoms with Crippen LogP contribution in [0.15, 0.2) is 0 Å². The molecular weight excluding hydrogens is 172 g/mol. The summed E-state index contributed by atoms with van der Waals surface area (Å²) in [5.74, 6) is -0.296. The van der Waals surface area contributed by atoms with Gasteiger partial charge in [0.25, 0.3) is 0 Å². The van der Waals surface area contributed by atoms with E-state index in [0.717, 1.165) is 0 Å². The molecule has 1 heterocycles. The van der Waals surface area contributed by atoms with Crippen molar-refractivity contribution < 1.29 is 29.0 Å². The summed E-state index contributed by atoms with van der Waals surface area (Å²) in [5, 5.41) is 16.8. The second-order valence-electron chi connectivity index (χ2n) is 1.89. The first-order valence-electron chi connectivity index (χ1n) is 3.02. The number of imide groups is 1. The lowest BCUT2D eigenvalue weighted by Crippen LogP contribution is -2.18. The number of carbonyl (C=O) groups is 2. The fraction of sp³-hybridized carbons (Fsp3) is 0.500. The molecule has 12 heavy (non-hydrogen) atoms. The molecule has 0 spiro atoms. The van der Waals surface area contributed by atoms with Crippen LogP contribution in [0, 0.1) is 0 Å². The Hall–Kier alpha value is -0.985. The number of hydrogen-bond acceptors (Lipinski definition) is 5. The summed E-state index contributed by atoms with van der Waals surface area (Å²) in [4.78, 5) is 22.6. The zero-order valence-corrected chi connectivity index (χ0v) is 5.99. The van der Waals surface area contributed by atoms with Gasteiger partial charge in [-0.05, 0) is 0 Å². The van der Waals surface area contributed by atoms with Gasteiger partial charge in [-0.1, -0.05) is 4.53 Å². The molecule has 0 aromatic rings. The van der Waals surface area contributed by atoms with Crippen molar-refractivity contribution >= 4 is 19.1 Å². The van der Waals surface area contributed by atoms with Crippen molar-refractivity contribution in [3.8, 4) is 0 Å². The summed E-state index contributed by atoms with van der Waals surface area (Å²) < 4.78 is 10.1. The Kier molecular flexibility index (Phi) is 5.18. The highest BCUT2D eigenvalue weighted by molar-refractivity contribution is 6.32. The van der Waals surface area contributed by atoms with Crippen molar-refractivity contribution in [2.24, 2.45) is 0 Å². The van der Waals surface area contributed by atoms with Crippen molar-refractivity contribution in [3.63, 3.8) is 0 Å². The van der Waals surface area contributed by atoms with E-state index < -0.39 is 7.32 Å². The molecule has 0 unspecified atom stereocenters. The number of nitrogens with one attached hydrogen (secondary N) is 1. The van der Waals surface area contributed by atoms with Gasteiger partial charge < -0.3 is 10.0 Å². The van der Waals surface area contributed by atoms with Crippen LogP contribution in [0.4, 0.5) is 4.53 Å². The van der Waals surface area contributed by atoms with Gasteiger partial charge in [-0.3, -0.25) is 14.9 Å². The van der Waals surface area contributed by atoms with E-state index >= 15 is 0 Å². The van der Waals surface area contributed by atoms with Crippen molar-refractivity contribution in [2.45, 2.75) is 12.8 Å². The number of rotatable bonds is 1. The maximum atomic E-state index is 10.1. The summed E-state index contributed by atoms with van der Waals surface area (Å²) in [5.41, 5.74) is 0. The molecule has 0 radical (unpaired) electrons. The van der Waals surface area contributed by atoms with Crippen LogP contribution >= 0.6 is 0 Å². The van der Waals surface area contributed by atoms with Crippen molar-refractivity contribution in [1.82, 2.24) is 5.32 Å². The van der Waals surface area contributed by atoms with Crippen LogP contribution in [0.2, 0.25) is 0 Å². The highest BCUT2D eigenvalue weighted by Gasteiger charge is 2.15. The van der Waals surface area contributed by atoms with Crippen LogP contribution in [0.25, 0.3) is 0 Å². The van der Waals surface area contributed by atoms with Gasteiger partial charge in [0, 0.05) is 12.8 Å². The Morgan fingerprint density at radius 1 is 1.33 bits per heavy atom. The van der Waals surface area contributed by atoms with E-state index in [2.05, 4.69) is 10.2 Å². The Balaban J connectivity index is 0.000000217. The molecule has 0 aliphatic carbocycles. The number of carbonyl (C=O) groups excluding carboxylic acids is 2. The van der Waals surface area contributed by atoms with Crippen LogP contribution < -0.4 is 5.32 Å². The lowest BCUT2D eigenvalue weighted by Gasteiger charge is -1.79. The lowest BCUT2D eigenvalue weighted by atomic mass is 10.3. The molecule has 1 aliphatic heterocycles. The number of amides is 2. The lowest BCUT2D eigenvalue weighted by molar-refractivity contribution is -0.124. The Morgan fingerprint density at radius 3 is 1.75 bits per heavy atom. The smallest absolute Gasteiger partial charge is 0.400 e. The standard InChI is InChI=1S/C4H5NO2.BFH2O3/c6-3-1-2-4(7)5-3;2-5-1(3)4/h1-2H2,(H,5,6,7);3-4H. The van der Waals surface area contributed by atoms with Gasteiger partial charge in [-0.25, -0.2) is 0 Å². The summed E-state index contributed by atoms with van der Waals surface area (Å²) >= 11 is 0. The fourth-order valence-electron chi connectivity index (χ4n) is 0.508. The number of hydrogen-bond donors (Lipinski definition) is 3. The summed E-state index contributed by atoms with van der Waals surface area (Å²) in [7, 11) is -2.28. The van der Waals surface area contributed by atoms with Gasteiger partial charge >= 0.3 is 7.32 Å². The molecule has 0 bridgehead atoms. The van der Waals surface area contributed by atoms with Gasteiger partial charge in [0.1, 0.15) is 0 Å². The molecule has 0 aromatic heterocycles. The molecule has 68 valence electrons. The molecule has 0 atom stereocenters. The third kappa shape index (κ3) is 5.77. The average Bonchev–Trinajstić information content (AvgIpc) is 2.36. The van der Waals surface area contributed by atoms with Crippen LogP contribution in [-0.4, -0.2) is 29.2 Å². The monoisotopic (exact) mass is 179 g/mol. The maximum Gasteiger partial charge on any atom is 0.667 e. The highest BCUT2D eigenvalue weighted by atomic mass is 19.3. The molecular formula is C4H7BFNO5. The highest BCUT2D eigenvalue weighted by Crippen LogP contribution is 1.95. The molecule has 0 aromatic carbocycles. The molecule has 3 N–H and O–H groups in total. The van der Waals surface area contributed by atoms with Crippen LogP contribution in [0.3, 0.4) is 0 Å². The molecule has 0 saturated carbocycles. The molecule has 6 nitrogen and oxygen atoms in total. The first-order valence-corrected chi connectivity index (χ1v) is 3.02. The topological polar surface area (TPSA) is 95.9 Å². The second kappa shape index (κ2) is 5.64. The fourth-order valence-corrected chi connectivity index (χ4v) is 0.508. The van der Waals surface area contributed by atoms with Crippen LogP contribution in [0.1, 0.15) is 12.8 Å². The van der Waals surface area contributed by atoms with E-state index in [1.807, 2.05) is 0 Å². The van der Waals surface area contributed by atoms with Crippen LogP contribution in [0.5, 0.6) is 0 Å². The summed E-state index contributed by atoms with van der Waals surface area (Å²) in [6.07, 6.45) is 0.748. The summed E-state index contributed by atoms with van der Waals surface area (Å²) in [6.45, 7) is 0. The molecule has 1 rings (SSSR count). The van der Waals surface area contributed by atoms with E-state index in [9.17, 15) is 14.1 Å². The first kappa shape index (κ1) is 11.0. The molecule has 1 fully saturated rings. The minimum Gasteiger partial charge on any atom is -0.400 e. The first-order chi connectivity index (χ1) is 5.56. The average molecular weight is 179 g/mol. The predicted molar refractivity (Wildman–Crippen MR) is 34.8 cm³/mol. The Bertz CT molecular complexity index is 161. The SMILES string of the molecule is O=C1CCC(=O)N1.OB(O)OF. The predicted octanol–water partition coefficient (Wildman–Crippen LogP) is -1.72. The second-order valence-corrected chi connectivity index (χ2v) is 1.89. The van der Waals surface area contributed by atoms with Crippen molar-refractivity contribution in [3.05, 3.63) is 0 Å². The van der Waals surface area contributed by atoms with E-state index in [4.69, 9.17) is 10.0 Å². The van der Waals surface area contributed by atoms with E-state index in [-0.39, 0.29) is 11.8 Å². The zero-order valence-electron chi connectivity index (χ0n) is 5.99. The van der Waals surface area contributed by atoms with Gasteiger partial charge in [-0.15, -0.1) is 0 Å².